The van der Waals surface area contributed by atoms with Gasteiger partial charge in [-0.25, -0.2) is 9.67 Å². The number of carbonyl (C=O) groups is 3. The third-order valence-electron chi connectivity index (χ3n) is 14.5. The minimum absolute atomic E-state index is 0.0390. The molecule has 6 heterocycles. The van der Waals surface area contributed by atoms with E-state index in [-0.39, 0.29) is 61.6 Å². The zero-order chi connectivity index (χ0) is 51.4. The highest BCUT2D eigenvalue weighted by Gasteiger charge is 2.51. The molecule has 0 saturated carbocycles. The smallest absolute Gasteiger partial charge is 0.328 e. The number of anilines is 1. The summed E-state index contributed by atoms with van der Waals surface area (Å²) in [6, 6.07) is 0. The number of rotatable bonds is 6. The fourth-order valence-corrected chi connectivity index (χ4v) is 10.1. The van der Waals surface area contributed by atoms with Crippen LogP contribution in [0, 0.1) is 36.5 Å². The number of aromatic nitrogens is 3. The average Bonchev–Trinajstić information content (AvgIpc) is 4.00. The summed E-state index contributed by atoms with van der Waals surface area (Å²) in [5.41, 5.74) is 0.193. The fourth-order valence-electron chi connectivity index (χ4n) is 10.1. The number of amides is 1. The molecule has 2 aromatic carbocycles. The highest BCUT2D eigenvalue weighted by Crippen LogP contribution is 2.51. The van der Waals surface area contributed by atoms with E-state index in [9.17, 15) is 34.8 Å². The van der Waals surface area contributed by atoms with Crippen LogP contribution in [0.3, 0.4) is 0 Å². The van der Waals surface area contributed by atoms with Crippen LogP contribution >= 0.6 is 0 Å². The molecule has 0 aliphatic carbocycles. The van der Waals surface area contributed by atoms with E-state index in [0.29, 0.717) is 43.2 Å². The van der Waals surface area contributed by atoms with E-state index in [1.807, 2.05) is 20.8 Å². The van der Waals surface area contributed by atoms with Crippen LogP contribution in [0.25, 0.3) is 10.8 Å². The molecule has 70 heavy (non-hydrogen) atoms. The molecule has 8 rings (SSSR count). The maximum absolute atomic E-state index is 14.9. The summed E-state index contributed by atoms with van der Waals surface area (Å²) in [5, 5.41) is 59.7. The van der Waals surface area contributed by atoms with Gasteiger partial charge in [0.05, 0.1) is 46.9 Å². The van der Waals surface area contributed by atoms with Gasteiger partial charge in [-0.1, -0.05) is 85.8 Å². The molecule has 0 unspecified atom stereocenters. The number of aromatic hydroxyl groups is 2. The first-order valence-corrected chi connectivity index (χ1v) is 24.3. The molecule has 0 radical (unpaired) electrons. The maximum atomic E-state index is 14.9. The van der Waals surface area contributed by atoms with Gasteiger partial charge >= 0.3 is 11.8 Å². The molecule has 18 heteroatoms. The first kappa shape index (κ1) is 52.1. The minimum Gasteiger partial charge on any atom is -0.507 e. The highest BCUT2D eigenvalue weighted by molar-refractivity contribution is 6.21. The van der Waals surface area contributed by atoms with Crippen LogP contribution in [0.4, 0.5) is 5.69 Å². The predicted octanol–water partition coefficient (Wildman–Crippen LogP) is 5.32. The number of carbonyl (C=O) groups excluding carboxylic acids is 3. The SMILES string of the molecule is CO[C@H]1/C=C/O[C@@]2(C)Oc3c(C)c(O)c4c(O)c(c5c(c4c3C2=O)NC2(CCN(CC(C)C)CC2)N=5)=NC(=O)/C(C)=C\C=C\[C@H](C)[C@H](O)[C@@H](C)[C@@H](O)[C@@H](C)[C@H](OC(=O)Cn2cc(C(C)(C)C)nn2)[C@@H]1C. The summed E-state index contributed by atoms with van der Waals surface area (Å²) in [5.74, 6) is -7.06. The number of esters is 1. The molecule has 9 atom stereocenters. The van der Waals surface area contributed by atoms with Crippen molar-refractivity contribution in [3.8, 4) is 17.2 Å². The molecular weight excluding hydrogens is 899 g/mol. The molecule has 5 aliphatic heterocycles. The standard InChI is InChI=1S/C52H71N7O11/c1-26(2)23-58-20-18-52(19-21-58)54-39-36-37-44(63)32(8)47-38(36)48(65)51(12,70-47)68-22-17-33(67-13)29(5)46(69-35(60)25-59-24-34(56-57-59)50(9,10)11)31(7)43(62)30(6)42(61)27(3)15-14-16-28(4)49(66)53-41(45(37)64)40(39)55-52/h14-17,22,24,26-27,29-31,33,42-43,46,54,61-64H,18-21,23,25H2,1-13H3/b15-14+,22-17+,28-16-,53-41?/t27-,29+,30+,31+,33-,42-,43+,46+,51-/m0/s1. The second kappa shape index (κ2) is 19.8. The van der Waals surface area contributed by atoms with Crippen molar-refractivity contribution in [2.24, 2.45) is 39.6 Å². The van der Waals surface area contributed by atoms with Gasteiger partial charge in [-0.15, -0.1) is 5.10 Å². The number of aliphatic hydroxyl groups excluding tert-OH is 2. The number of methoxy groups -OCH3 is 1. The molecule has 5 N–H and O–H groups in total. The third kappa shape index (κ3) is 9.97. The Balaban J connectivity index is 1.34. The van der Waals surface area contributed by atoms with Gasteiger partial charge in [-0.3, -0.25) is 19.4 Å². The van der Waals surface area contributed by atoms with Crippen molar-refractivity contribution in [2.75, 3.05) is 32.1 Å². The van der Waals surface area contributed by atoms with Crippen molar-refractivity contribution in [1.29, 1.82) is 0 Å². The number of hydrogen-bond donors (Lipinski definition) is 5. The monoisotopic (exact) mass is 970 g/mol. The normalized spacial score (nSPS) is 30.3. The first-order valence-electron chi connectivity index (χ1n) is 24.3. The lowest BCUT2D eigenvalue weighted by atomic mass is 9.78. The zero-order valence-corrected chi connectivity index (χ0v) is 42.7. The largest absolute Gasteiger partial charge is 0.507 e. The number of ketones is 1. The van der Waals surface area contributed by atoms with Crippen LogP contribution in [0.15, 0.2) is 52.3 Å². The summed E-state index contributed by atoms with van der Waals surface area (Å²) in [4.78, 5) is 54.6. The van der Waals surface area contributed by atoms with Crippen molar-refractivity contribution in [3.63, 3.8) is 0 Å². The van der Waals surface area contributed by atoms with Crippen molar-refractivity contribution in [1.82, 2.24) is 19.9 Å². The van der Waals surface area contributed by atoms with E-state index in [1.54, 1.807) is 66.0 Å². The van der Waals surface area contributed by atoms with Gasteiger partial charge in [0.25, 0.3) is 11.7 Å². The summed E-state index contributed by atoms with van der Waals surface area (Å²) < 4.78 is 26.1. The molecule has 1 spiro atoms. The van der Waals surface area contributed by atoms with Gasteiger partial charge in [0.2, 0.25) is 0 Å². The van der Waals surface area contributed by atoms with Crippen molar-refractivity contribution in [2.45, 2.75) is 144 Å². The van der Waals surface area contributed by atoms with Crippen LogP contribution in [0.1, 0.15) is 111 Å². The number of Topliss-reactive ketones (excluding diaryl/α,β-unsaturated/α-hetero) is 1. The molecule has 18 nitrogen and oxygen atoms in total. The lowest BCUT2D eigenvalue weighted by molar-refractivity contribution is -0.164. The Kier molecular flexibility index (Phi) is 14.8. The van der Waals surface area contributed by atoms with Crippen LogP contribution < -0.4 is 20.8 Å². The summed E-state index contributed by atoms with van der Waals surface area (Å²) in [7, 11) is 1.47. The molecule has 1 saturated heterocycles. The van der Waals surface area contributed by atoms with E-state index in [0.717, 1.165) is 6.54 Å². The van der Waals surface area contributed by atoms with Gasteiger partial charge in [-0.05, 0) is 25.8 Å². The number of allylic oxidation sites excluding steroid dienone is 2. The number of nitrogens with zero attached hydrogens (tertiary/aromatic N) is 6. The number of hydrogen-bond acceptors (Lipinski definition) is 16. The second-order valence-electron chi connectivity index (χ2n) is 21.4. The van der Waals surface area contributed by atoms with E-state index >= 15 is 0 Å². The second-order valence-corrected chi connectivity index (χ2v) is 21.4. The Morgan fingerprint density at radius 3 is 2.29 bits per heavy atom. The van der Waals surface area contributed by atoms with E-state index in [1.165, 1.54) is 31.1 Å². The van der Waals surface area contributed by atoms with E-state index < -0.39 is 82.9 Å². The number of nitrogens with one attached hydrogen (secondary N) is 1. The minimum atomic E-state index is -1.99. The van der Waals surface area contributed by atoms with Crippen molar-refractivity contribution < 1.29 is 53.8 Å². The Hall–Kier alpha value is -5.69. The topological polar surface area (TPSA) is 240 Å². The molecule has 5 bridgehead atoms. The molecule has 1 amide bonds. The Bertz CT molecular complexity index is 2750. The predicted molar refractivity (Wildman–Crippen MR) is 261 cm³/mol. The number of phenols is 2. The number of ether oxygens (including phenoxy) is 4. The lowest BCUT2D eigenvalue weighted by Gasteiger charge is -2.38. The fraction of sp³-hybridized carbons (Fsp3) is 0.596. The number of benzene rings is 2. The summed E-state index contributed by atoms with van der Waals surface area (Å²) in [6.45, 7) is 23.9. The summed E-state index contributed by atoms with van der Waals surface area (Å²) >= 11 is 0. The Morgan fingerprint density at radius 1 is 0.971 bits per heavy atom. The van der Waals surface area contributed by atoms with Crippen molar-refractivity contribution in [3.05, 3.63) is 69.9 Å². The third-order valence-corrected chi connectivity index (χ3v) is 14.5. The number of aliphatic hydroxyl groups is 2. The van der Waals surface area contributed by atoms with Crippen LogP contribution in [-0.2, 0) is 35.8 Å². The van der Waals surface area contributed by atoms with Gasteiger partial charge in [0.15, 0.2) is 5.75 Å². The van der Waals surface area contributed by atoms with Gasteiger partial charge in [0.1, 0.15) is 40.5 Å². The van der Waals surface area contributed by atoms with E-state index in [2.05, 4.69) is 39.4 Å². The molecule has 3 aromatic rings. The molecule has 5 aliphatic rings. The van der Waals surface area contributed by atoms with Crippen LogP contribution in [0.5, 0.6) is 17.2 Å². The molecular formula is C52H71N7O11. The Morgan fingerprint density at radius 2 is 1.66 bits per heavy atom. The van der Waals surface area contributed by atoms with Gasteiger partial charge in [0, 0.05) is 98.3 Å². The van der Waals surface area contributed by atoms with Crippen LogP contribution in [0.2, 0.25) is 0 Å². The molecule has 1 fully saturated rings. The average molecular weight is 970 g/mol. The van der Waals surface area contributed by atoms with Gasteiger partial charge in [-0.2, -0.15) is 0 Å². The first-order chi connectivity index (χ1) is 32.8. The molecule has 1 aromatic heterocycles. The van der Waals surface area contributed by atoms with Crippen molar-refractivity contribution >= 4 is 34.1 Å². The Labute approximate surface area is 409 Å². The zero-order valence-electron chi connectivity index (χ0n) is 42.7. The molecule has 380 valence electrons. The quantitative estimate of drug-likeness (QED) is 0.155. The number of fused-ring (bicyclic) bond motifs is 13. The highest BCUT2D eigenvalue weighted by atomic mass is 16.7. The maximum Gasteiger partial charge on any atom is 0.328 e. The van der Waals surface area contributed by atoms with E-state index in [4.69, 9.17) is 23.9 Å². The number of likely N-dealkylation sites (tertiary alicyclic amines) is 1. The summed E-state index contributed by atoms with van der Waals surface area (Å²) in [6.07, 6.45) is 6.39. The van der Waals surface area contributed by atoms with Gasteiger partial charge < -0.3 is 49.6 Å². The number of piperidine rings is 1. The number of phenolic OH excluding ortho intramolecular Hbond substituents is 2. The lowest BCUT2D eigenvalue weighted by Crippen LogP contribution is -2.47. The van der Waals surface area contributed by atoms with Crippen LogP contribution in [-0.4, -0.2) is 121 Å².